The van der Waals surface area contributed by atoms with Crippen LogP contribution in [0.3, 0.4) is 0 Å². The molecule has 3 unspecified atom stereocenters. The second-order valence-electron chi connectivity index (χ2n) is 6.54. The van der Waals surface area contributed by atoms with Crippen molar-refractivity contribution in [1.29, 1.82) is 0 Å². The number of aliphatic hydroxyl groups excluding tert-OH is 1. The minimum atomic E-state index is -1.30. The Morgan fingerprint density at radius 1 is 1.17 bits per heavy atom. The molecule has 0 aromatic heterocycles. The molecule has 13 heteroatoms. The summed E-state index contributed by atoms with van der Waals surface area (Å²) in [6.45, 7) is -0.617. The highest BCUT2D eigenvalue weighted by Crippen LogP contribution is 2.19. The quantitative estimate of drug-likeness (QED) is 0.0990. The fourth-order valence-corrected chi connectivity index (χ4v) is 2.97. The minimum Gasteiger partial charge on any atom is -0.480 e. The summed E-state index contributed by atoms with van der Waals surface area (Å²) in [6, 6.07) is -3.33. The summed E-state index contributed by atoms with van der Waals surface area (Å²) in [5.74, 6) is -3.24. The number of nitrogens with zero attached hydrogens (tertiary/aromatic N) is 2. The predicted molar refractivity (Wildman–Crippen MR) is 102 cm³/mol. The number of carboxylic acids is 1. The fourth-order valence-electron chi connectivity index (χ4n) is 2.97. The van der Waals surface area contributed by atoms with Crippen LogP contribution in [0.5, 0.6) is 0 Å². The number of aliphatic carboxylic acids is 1. The van der Waals surface area contributed by atoms with Crippen molar-refractivity contribution in [2.75, 3.05) is 26.2 Å². The highest BCUT2D eigenvalue weighted by atomic mass is 16.4. The van der Waals surface area contributed by atoms with Gasteiger partial charge in [0.15, 0.2) is 5.96 Å². The first-order valence-corrected chi connectivity index (χ1v) is 9.20. The van der Waals surface area contributed by atoms with E-state index in [0.717, 1.165) is 0 Å². The van der Waals surface area contributed by atoms with Crippen molar-refractivity contribution in [2.45, 2.75) is 43.8 Å². The van der Waals surface area contributed by atoms with Crippen molar-refractivity contribution in [1.82, 2.24) is 15.5 Å². The summed E-state index contributed by atoms with van der Waals surface area (Å²) in [7, 11) is 0. The monoisotopic (exact) mass is 415 g/mol. The largest absolute Gasteiger partial charge is 0.480 e. The van der Waals surface area contributed by atoms with Gasteiger partial charge in [-0.05, 0) is 25.7 Å². The maximum absolute atomic E-state index is 12.9. The summed E-state index contributed by atoms with van der Waals surface area (Å²) >= 11 is 0. The molecule has 0 saturated carbocycles. The lowest BCUT2D eigenvalue weighted by Gasteiger charge is -2.28. The van der Waals surface area contributed by atoms with E-state index in [1.807, 2.05) is 0 Å². The zero-order chi connectivity index (χ0) is 22.0. The smallest absolute Gasteiger partial charge is 0.326 e. The molecule has 0 aliphatic carbocycles. The molecule has 1 aliphatic heterocycles. The Morgan fingerprint density at radius 2 is 1.86 bits per heavy atom. The molecule has 1 rings (SSSR count). The third-order valence-electron chi connectivity index (χ3n) is 4.40. The van der Waals surface area contributed by atoms with E-state index in [2.05, 4.69) is 15.6 Å². The van der Waals surface area contributed by atoms with Gasteiger partial charge < -0.3 is 42.9 Å². The predicted octanol–water partition coefficient (Wildman–Crippen LogP) is -3.96. The summed E-state index contributed by atoms with van der Waals surface area (Å²) in [6.07, 6.45) is 1.32. The Hall–Kier alpha value is -2.93. The van der Waals surface area contributed by atoms with Gasteiger partial charge in [0.25, 0.3) is 0 Å². The van der Waals surface area contributed by atoms with Crippen LogP contribution in [0.1, 0.15) is 25.7 Å². The van der Waals surface area contributed by atoms with Crippen molar-refractivity contribution >= 4 is 29.7 Å². The van der Waals surface area contributed by atoms with Crippen LogP contribution in [-0.2, 0) is 19.2 Å². The summed E-state index contributed by atoms with van der Waals surface area (Å²) in [4.78, 5) is 53.1. The number of nitrogens with two attached hydrogens (primary N) is 3. The van der Waals surface area contributed by atoms with E-state index in [-0.39, 0.29) is 32.0 Å². The molecular weight excluding hydrogens is 386 g/mol. The van der Waals surface area contributed by atoms with Crippen LogP contribution in [0.4, 0.5) is 0 Å². The van der Waals surface area contributed by atoms with Gasteiger partial charge in [-0.2, -0.15) is 0 Å². The van der Waals surface area contributed by atoms with Crippen molar-refractivity contribution in [2.24, 2.45) is 22.2 Å². The van der Waals surface area contributed by atoms with Crippen LogP contribution in [-0.4, -0.2) is 89.1 Å². The average molecular weight is 415 g/mol. The molecule has 1 heterocycles. The minimum absolute atomic E-state index is 0.118. The van der Waals surface area contributed by atoms with Gasteiger partial charge in [0, 0.05) is 13.1 Å². The first-order chi connectivity index (χ1) is 13.7. The van der Waals surface area contributed by atoms with Crippen LogP contribution in [0.2, 0.25) is 0 Å². The molecule has 0 spiro atoms. The maximum Gasteiger partial charge on any atom is 0.326 e. The molecule has 13 nitrogen and oxygen atoms in total. The number of nitrogens with one attached hydrogen (secondary N) is 2. The SMILES string of the molecule is NCC(=O)NC(CO)C(=O)NC(CCCN=C(N)N)C(=O)N1CCCC1C(=O)O. The molecule has 164 valence electrons. The highest BCUT2D eigenvalue weighted by molar-refractivity contribution is 5.93. The standard InChI is InChI=1S/C16H29N7O6/c17-7-12(25)21-10(8-24)13(26)22-9(3-1-5-20-16(18)19)14(27)23-6-2-4-11(23)15(28)29/h9-11,24H,1-8,17H2,(H,21,25)(H,22,26)(H,28,29)(H4,18,19,20). The molecule has 1 fully saturated rings. The second kappa shape index (κ2) is 11.8. The number of hydrogen-bond donors (Lipinski definition) is 7. The molecule has 1 aliphatic rings. The zero-order valence-electron chi connectivity index (χ0n) is 16.0. The Morgan fingerprint density at radius 3 is 2.41 bits per heavy atom. The number of likely N-dealkylation sites (tertiary alicyclic amines) is 1. The van der Waals surface area contributed by atoms with Crippen molar-refractivity contribution < 1.29 is 29.4 Å². The molecule has 0 radical (unpaired) electrons. The number of aliphatic hydroxyl groups is 1. The van der Waals surface area contributed by atoms with E-state index in [4.69, 9.17) is 17.2 Å². The zero-order valence-corrected chi connectivity index (χ0v) is 16.0. The number of carbonyl (C=O) groups is 4. The maximum atomic E-state index is 12.9. The van der Waals surface area contributed by atoms with Gasteiger partial charge in [-0.1, -0.05) is 0 Å². The van der Waals surface area contributed by atoms with Gasteiger partial charge in [0.05, 0.1) is 13.2 Å². The molecule has 0 aromatic carbocycles. The van der Waals surface area contributed by atoms with Gasteiger partial charge in [0.2, 0.25) is 17.7 Å². The van der Waals surface area contributed by atoms with Crippen LogP contribution in [0.15, 0.2) is 4.99 Å². The van der Waals surface area contributed by atoms with E-state index >= 15 is 0 Å². The third-order valence-corrected chi connectivity index (χ3v) is 4.40. The Labute approximate surface area is 167 Å². The molecule has 29 heavy (non-hydrogen) atoms. The number of amides is 3. The van der Waals surface area contributed by atoms with Crippen molar-refractivity contribution in [3.8, 4) is 0 Å². The van der Waals surface area contributed by atoms with Crippen LogP contribution in [0, 0.1) is 0 Å². The van der Waals surface area contributed by atoms with E-state index in [9.17, 15) is 29.4 Å². The first-order valence-electron chi connectivity index (χ1n) is 9.20. The third kappa shape index (κ3) is 7.54. The van der Waals surface area contributed by atoms with E-state index in [1.54, 1.807) is 0 Å². The Kier molecular flexibility index (Phi) is 9.82. The van der Waals surface area contributed by atoms with Gasteiger partial charge >= 0.3 is 5.97 Å². The van der Waals surface area contributed by atoms with Crippen LogP contribution >= 0.6 is 0 Å². The summed E-state index contributed by atoms with van der Waals surface area (Å²) < 4.78 is 0. The number of guanidine groups is 1. The Bertz CT molecular complexity index is 637. The average Bonchev–Trinajstić information content (AvgIpc) is 3.17. The highest BCUT2D eigenvalue weighted by Gasteiger charge is 2.38. The molecular formula is C16H29N7O6. The molecule has 3 atom stereocenters. The van der Waals surface area contributed by atoms with Gasteiger partial charge in [-0.25, -0.2) is 4.79 Å². The first kappa shape index (κ1) is 24.1. The number of rotatable bonds is 11. The lowest BCUT2D eigenvalue weighted by Crippen LogP contribution is -2.57. The van der Waals surface area contributed by atoms with E-state index in [0.29, 0.717) is 19.3 Å². The lowest BCUT2D eigenvalue weighted by atomic mass is 10.1. The van der Waals surface area contributed by atoms with Crippen molar-refractivity contribution in [3.05, 3.63) is 0 Å². The van der Waals surface area contributed by atoms with Gasteiger partial charge in [-0.15, -0.1) is 0 Å². The van der Waals surface area contributed by atoms with Crippen LogP contribution < -0.4 is 27.8 Å². The van der Waals surface area contributed by atoms with E-state index in [1.165, 1.54) is 4.90 Å². The number of hydrogen-bond acceptors (Lipinski definition) is 7. The summed E-state index contributed by atoms with van der Waals surface area (Å²) in [5.41, 5.74) is 15.7. The molecule has 10 N–H and O–H groups in total. The number of aliphatic imine (C=N–C) groups is 1. The van der Waals surface area contributed by atoms with Gasteiger partial charge in [-0.3, -0.25) is 19.4 Å². The van der Waals surface area contributed by atoms with Crippen molar-refractivity contribution in [3.63, 3.8) is 0 Å². The second-order valence-corrected chi connectivity index (χ2v) is 6.54. The Balaban J connectivity index is 2.90. The molecule has 0 bridgehead atoms. The van der Waals surface area contributed by atoms with Gasteiger partial charge in [0.1, 0.15) is 18.1 Å². The summed E-state index contributed by atoms with van der Waals surface area (Å²) in [5, 5.41) is 23.4. The molecule has 3 amide bonds. The fraction of sp³-hybridized carbons (Fsp3) is 0.688. The van der Waals surface area contributed by atoms with E-state index < -0.39 is 48.4 Å². The van der Waals surface area contributed by atoms with Crippen LogP contribution in [0.25, 0.3) is 0 Å². The number of carboxylic acid groups (broad SMARTS) is 1. The molecule has 1 saturated heterocycles. The topological polar surface area (TPSA) is 226 Å². The normalized spacial score (nSPS) is 17.9. The molecule has 0 aromatic rings. The number of carbonyl (C=O) groups excluding carboxylic acids is 3. The lowest BCUT2D eigenvalue weighted by molar-refractivity contribution is -0.149.